The van der Waals surface area contributed by atoms with Crippen LogP contribution in [0.3, 0.4) is 0 Å². The Kier molecular flexibility index (Phi) is 33.9. The Labute approximate surface area is 548 Å². The van der Waals surface area contributed by atoms with E-state index in [0.717, 1.165) is 0 Å². The maximum Gasteiger partial charge on any atom is 0.246 e. The van der Waals surface area contributed by atoms with Crippen LogP contribution in [0.2, 0.25) is 19.6 Å². The number of allylic oxidation sites excluding steroid dienone is 2. The summed E-state index contributed by atoms with van der Waals surface area (Å²) in [6.45, 7) is 37.9. The van der Waals surface area contributed by atoms with Crippen LogP contribution in [0.5, 0.6) is 0 Å². The van der Waals surface area contributed by atoms with E-state index in [9.17, 15) is 33.6 Å². The van der Waals surface area contributed by atoms with E-state index in [0.29, 0.717) is 6.42 Å². The van der Waals surface area contributed by atoms with E-state index < -0.39 is 158 Å². The van der Waals surface area contributed by atoms with Gasteiger partial charge in [0.2, 0.25) is 65.0 Å². The fourth-order valence-electron chi connectivity index (χ4n) is 11.8. The molecule has 0 bridgehead atoms. The summed E-state index contributed by atoms with van der Waals surface area (Å²) in [4.78, 5) is 174. The Morgan fingerprint density at radius 3 is 1.35 bits per heavy atom. The summed E-state index contributed by atoms with van der Waals surface area (Å²) in [5.74, 6) is -8.70. The minimum Gasteiger partial charge on any atom is -0.412 e. The van der Waals surface area contributed by atoms with E-state index in [2.05, 4.69) is 16.0 Å². The smallest absolute Gasteiger partial charge is 0.246 e. The van der Waals surface area contributed by atoms with Gasteiger partial charge in [-0.3, -0.25) is 52.7 Å². The van der Waals surface area contributed by atoms with E-state index >= 15 is 19.2 Å². The highest BCUT2D eigenvalue weighted by atomic mass is 28.4. The molecule has 1 rings (SSSR count). The van der Waals surface area contributed by atoms with E-state index in [4.69, 9.17) is 4.43 Å². The maximum absolute atomic E-state index is 15.6. The molecule has 1 fully saturated rings. The van der Waals surface area contributed by atoms with Crippen molar-refractivity contribution < 1.29 is 57.2 Å². The van der Waals surface area contributed by atoms with Crippen molar-refractivity contribution in [1.29, 1.82) is 0 Å². The van der Waals surface area contributed by atoms with Crippen LogP contribution in [0, 0.1) is 41.4 Å². The highest BCUT2D eigenvalue weighted by Gasteiger charge is 2.47. The van der Waals surface area contributed by atoms with Gasteiger partial charge >= 0.3 is 0 Å². The van der Waals surface area contributed by atoms with Crippen molar-refractivity contribution in [1.82, 2.24) is 55.1 Å². The van der Waals surface area contributed by atoms with Crippen LogP contribution in [0.1, 0.15) is 163 Å². The molecule has 12 atom stereocenters. The SMILES string of the molecule is C/C=C/CC(C)C(O[Si](C)(C)C)C1C(=O)NC(CC)C(=O)N(C)CC(=O)N(C)C(CC(C)C)C(=O)NC(C(C)C)C(=O)N(C)C(CC(C)C)C(=O)NC(C)C(=O)N(CC)C(C)C(=O)N(C)C(CC(C)C)C(=O)N(C)C(CC(C)C)C(=O)N(C)C(C(C)C)C(=O)N1C. The van der Waals surface area contributed by atoms with Gasteiger partial charge in [-0.05, 0) is 127 Å². The molecule has 0 spiro atoms. The van der Waals surface area contributed by atoms with Gasteiger partial charge in [-0.1, -0.05) is 109 Å². The van der Waals surface area contributed by atoms with Crippen LogP contribution in [-0.2, 0) is 57.2 Å². The summed E-state index contributed by atoms with van der Waals surface area (Å²) < 4.78 is 6.91. The molecule has 1 saturated heterocycles. The second-order valence-corrected chi connectivity index (χ2v) is 33.3. The standard InChI is InChI=1S/C67H123N11O12Si/c1-29-32-33-45(16)57(90-91(26,27)28)56-60(82)69-48(30-2)63(85)71(19)38-53(79)72(20)49(34-39(4)5)59(81)70-54(43(12)13)66(88)73(21)50(35-40(6)7)58(80)68-46(17)61(83)78(31-3)47(18)62(84)74(22)51(36-41(8)9)64(86)75(23)52(37-42(10)11)65(87)76(24)55(44(14)15)67(89)77(56)25/h29,32,39-52,54-57H,30-31,33-38H2,1-28H3,(H,68,80)(H,69,82)(H,70,81)/b32-29+. The Morgan fingerprint density at radius 1 is 0.495 bits per heavy atom. The Balaban J connectivity index is 4.55. The van der Waals surface area contributed by atoms with Crippen molar-refractivity contribution in [3.63, 3.8) is 0 Å². The highest BCUT2D eigenvalue weighted by molar-refractivity contribution is 6.69. The number of hydrogen-bond donors (Lipinski definition) is 3. The first-order valence-electron chi connectivity index (χ1n) is 33.2. The minimum absolute atomic E-state index is 0.0353. The quantitative estimate of drug-likeness (QED) is 0.108. The highest BCUT2D eigenvalue weighted by Crippen LogP contribution is 2.29. The van der Waals surface area contributed by atoms with E-state index in [1.165, 1.54) is 95.5 Å². The van der Waals surface area contributed by atoms with Gasteiger partial charge in [-0.15, -0.1) is 0 Å². The molecule has 0 aromatic carbocycles. The van der Waals surface area contributed by atoms with E-state index in [-0.39, 0.29) is 68.2 Å². The number of carbonyl (C=O) groups excluding carboxylic acids is 11. The van der Waals surface area contributed by atoms with Crippen LogP contribution in [0.25, 0.3) is 0 Å². The summed E-state index contributed by atoms with van der Waals surface area (Å²) in [6.07, 6.45) is 4.11. The van der Waals surface area contributed by atoms with Gasteiger partial charge in [0.25, 0.3) is 0 Å². The molecule has 0 saturated carbocycles. The second kappa shape index (κ2) is 37.1. The number of hydrogen-bond acceptors (Lipinski definition) is 12. The lowest BCUT2D eigenvalue weighted by molar-refractivity contribution is -0.158. The normalized spacial score (nSPS) is 26.2. The topological polar surface area (TPSA) is 259 Å². The van der Waals surface area contributed by atoms with Gasteiger partial charge in [-0.25, -0.2) is 0 Å². The molecule has 11 amide bonds. The molecule has 1 heterocycles. The molecule has 23 nitrogen and oxygen atoms in total. The molecular formula is C67H123N11O12Si. The Bertz CT molecular complexity index is 2500. The molecule has 3 N–H and O–H groups in total. The summed E-state index contributed by atoms with van der Waals surface area (Å²) in [6, 6.07) is -11.8. The molecule has 0 radical (unpaired) electrons. The van der Waals surface area contributed by atoms with Crippen molar-refractivity contribution in [2.24, 2.45) is 41.4 Å². The first-order valence-corrected chi connectivity index (χ1v) is 36.6. The number of carbonyl (C=O) groups is 11. The lowest BCUT2D eigenvalue weighted by atomic mass is 9.91. The zero-order valence-corrected chi connectivity index (χ0v) is 62.2. The fourth-order valence-corrected chi connectivity index (χ4v) is 13.0. The van der Waals surface area contributed by atoms with Gasteiger partial charge in [-0.2, -0.15) is 0 Å². The van der Waals surface area contributed by atoms with Gasteiger partial charge in [0.1, 0.15) is 60.4 Å². The third kappa shape index (κ3) is 23.6. The van der Waals surface area contributed by atoms with Gasteiger partial charge in [0, 0.05) is 55.9 Å². The third-order valence-electron chi connectivity index (χ3n) is 17.2. The average molecular weight is 1300 g/mol. The van der Waals surface area contributed by atoms with Crippen molar-refractivity contribution >= 4 is 73.3 Å². The van der Waals surface area contributed by atoms with Crippen molar-refractivity contribution in [2.75, 3.05) is 62.4 Å². The van der Waals surface area contributed by atoms with Crippen LogP contribution in [0.4, 0.5) is 0 Å². The molecule has 0 aromatic rings. The van der Waals surface area contributed by atoms with Crippen LogP contribution >= 0.6 is 0 Å². The second-order valence-electron chi connectivity index (χ2n) is 28.9. The first kappa shape index (κ1) is 83.1. The molecule has 12 unspecified atom stereocenters. The summed E-state index contributed by atoms with van der Waals surface area (Å²) in [5.41, 5.74) is 0. The Hall–Kier alpha value is -5.91. The number of nitrogens with zero attached hydrogens (tertiary/aromatic N) is 8. The molecular weight excluding hydrogens is 1180 g/mol. The van der Waals surface area contributed by atoms with Crippen molar-refractivity contribution in [2.45, 2.75) is 249 Å². The number of nitrogens with one attached hydrogen (secondary N) is 3. The predicted octanol–water partition coefficient (Wildman–Crippen LogP) is 5.86. The van der Waals surface area contributed by atoms with Crippen LogP contribution in [-0.4, -0.2) is 241 Å². The maximum atomic E-state index is 15.6. The summed E-state index contributed by atoms with van der Waals surface area (Å²) in [5, 5.41) is 8.64. The molecule has 0 aromatic heterocycles. The zero-order valence-electron chi connectivity index (χ0n) is 61.2. The lowest BCUT2D eigenvalue weighted by Crippen LogP contribution is -2.64. The van der Waals surface area contributed by atoms with Crippen LogP contribution in [0.15, 0.2) is 12.2 Å². The van der Waals surface area contributed by atoms with Gasteiger partial charge in [0.05, 0.1) is 12.6 Å². The summed E-state index contributed by atoms with van der Waals surface area (Å²) >= 11 is 0. The van der Waals surface area contributed by atoms with Crippen molar-refractivity contribution in [3.8, 4) is 0 Å². The molecule has 0 aliphatic carbocycles. The van der Waals surface area contributed by atoms with Gasteiger partial charge < -0.3 is 59.6 Å². The zero-order chi connectivity index (χ0) is 70.8. The van der Waals surface area contributed by atoms with Crippen molar-refractivity contribution in [3.05, 3.63) is 12.2 Å². The van der Waals surface area contributed by atoms with E-state index in [1.807, 2.05) is 101 Å². The number of likely N-dealkylation sites (N-methyl/N-ethyl adjacent to an activating group) is 8. The largest absolute Gasteiger partial charge is 0.412 e. The monoisotopic (exact) mass is 1300 g/mol. The average Bonchev–Trinajstić information content (AvgIpc) is 0.815. The molecule has 91 heavy (non-hydrogen) atoms. The van der Waals surface area contributed by atoms with Gasteiger partial charge in [0.15, 0.2) is 8.32 Å². The predicted molar refractivity (Wildman–Crippen MR) is 360 cm³/mol. The molecule has 24 heteroatoms. The van der Waals surface area contributed by atoms with Crippen LogP contribution < -0.4 is 16.0 Å². The number of rotatable bonds is 18. The third-order valence-corrected chi connectivity index (χ3v) is 18.2. The summed E-state index contributed by atoms with van der Waals surface area (Å²) in [7, 11) is 7.76. The lowest BCUT2D eigenvalue weighted by Gasteiger charge is -2.43. The number of amides is 11. The Morgan fingerprint density at radius 2 is 0.923 bits per heavy atom. The molecule has 1 aliphatic rings. The first-order chi connectivity index (χ1) is 41.9. The minimum atomic E-state index is -2.56. The molecule has 522 valence electrons. The van der Waals surface area contributed by atoms with E-state index in [1.54, 1.807) is 48.5 Å². The fraction of sp³-hybridized carbons (Fsp3) is 0.806. The molecule has 1 aliphatic heterocycles.